The zero-order valence-electron chi connectivity index (χ0n) is 7.57. The third-order valence-electron chi connectivity index (χ3n) is 1.25. The first-order chi connectivity index (χ1) is 6.07. The average molecular weight is 270 g/mol. The quantitative estimate of drug-likeness (QED) is 0.635. The van der Waals surface area contributed by atoms with Gasteiger partial charge in [-0.05, 0) is 0 Å². The van der Waals surface area contributed by atoms with Gasteiger partial charge in [-0.1, -0.05) is 0 Å². The standard InChI is InChI=1S/C7H13NO3SSe/c1-5(9)13-8-6(7(10)11)3-4-12-2/h6,8H,3-4H2,1-2H3,(H,10,11). The molecule has 0 fully saturated rings. The molecule has 1 atom stereocenters. The van der Waals surface area contributed by atoms with Crippen molar-refractivity contribution in [2.45, 2.75) is 19.4 Å². The van der Waals surface area contributed by atoms with Crippen LogP contribution in [0.4, 0.5) is 0 Å². The molecule has 0 aromatic heterocycles. The molecule has 0 rings (SSSR count). The van der Waals surface area contributed by atoms with Crippen LogP contribution in [0, 0.1) is 0 Å². The molecule has 0 aromatic carbocycles. The maximum atomic E-state index is 10.6. The van der Waals surface area contributed by atoms with Crippen LogP contribution in [0.2, 0.25) is 0 Å². The number of aliphatic carboxylic acids is 1. The topological polar surface area (TPSA) is 66.4 Å². The second-order valence-corrected chi connectivity index (χ2v) is 5.50. The molecule has 1 unspecified atom stereocenters. The Morgan fingerprint density at radius 1 is 1.62 bits per heavy atom. The van der Waals surface area contributed by atoms with Crippen molar-refractivity contribution in [3.8, 4) is 0 Å². The van der Waals surface area contributed by atoms with Gasteiger partial charge in [-0.2, -0.15) is 0 Å². The fourth-order valence-electron chi connectivity index (χ4n) is 0.623. The van der Waals surface area contributed by atoms with Gasteiger partial charge in [-0.25, -0.2) is 0 Å². The number of hydrogen-bond donors (Lipinski definition) is 2. The molecule has 4 nitrogen and oxygen atoms in total. The monoisotopic (exact) mass is 271 g/mol. The van der Waals surface area contributed by atoms with Crippen LogP contribution in [-0.4, -0.2) is 49.0 Å². The van der Waals surface area contributed by atoms with E-state index in [1.165, 1.54) is 6.92 Å². The van der Waals surface area contributed by atoms with Crippen LogP contribution in [-0.2, 0) is 9.59 Å². The Morgan fingerprint density at radius 2 is 2.23 bits per heavy atom. The number of rotatable bonds is 7. The summed E-state index contributed by atoms with van der Waals surface area (Å²) in [6.45, 7) is 1.46. The average Bonchev–Trinajstić information content (AvgIpc) is 2.03. The fourth-order valence-corrected chi connectivity index (χ4v) is 2.20. The molecule has 0 spiro atoms. The van der Waals surface area contributed by atoms with E-state index >= 15 is 0 Å². The predicted molar refractivity (Wildman–Crippen MR) is 54.0 cm³/mol. The van der Waals surface area contributed by atoms with Gasteiger partial charge in [-0.3, -0.25) is 0 Å². The first-order valence-corrected chi connectivity index (χ1v) is 6.83. The third kappa shape index (κ3) is 7.07. The summed E-state index contributed by atoms with van der Waals surface area (Å²) in [6, 6.07) is -0.573. The number of carboxylic acids is 1. The Labute approximate surface area is 88.2 Å². The first-order valence-electron chi connectivity index (χ1n) is 3.72. The van der Waals surface area contributed by atoms with Crippen molar-refractivity contribution in [3.05, 3.63) is 0 Å². The van der Waals surface area contributed by atoms with E-state index in [4.69, 9.17) is 5.11 Å². The van der Waals surface area contributed by atoms with Gasteiger partial charge in [-0.15, -0.1) is 0 Å². The van der Waals surface area contributed by atoms with E-state index in [0.717, 1.165) is 5.75 Å². The summed E-state index contributed by atoms with van der Waals surface area (Å²) in [6.07, 6.45) is 2.49. The van der Waals surface area contributed by atoms with E-state index in [1.807, 2.05) is 6.26 Å². The molecule has 0 bridgehead atoms. The normalized spacial score (nSPS) is 12.5. The zero-order chi connectivity index (χ0) is 10.3. The summed E-state index contributed by atoms with van der Waals surface area (Å²) in [5.41, 5.74) is 0. The summed E-state index contributed by atoms with van der Waals surface area (Å²) in [5, 5.41) is 8.74. The Hall–Kier alpha value is -0.0305. The first kappa shape index (κ1) is 13.0. The van der Waals surface area contributed by atoms with E-state index in [0.29, 0.717) is 6.42 Å². The van der Waals surface area contributed by atoms with Crippen molar-refractivity contribution in [3.63, 3.8) is 0 Å². The van der Waals surface area contributed by atoms with Crippen LogP contribution in [0.1, 0.15) is 13.3 Å². The van der Waals surface area contributed by atoms with Gasteiger partial charge < -0.3 is 0 Å². The Bertz CT molecular complexity index is 189. The second-order valence-electron chi connectivity index (χ2n) is 2.38. The van der Waals surface area contributed by atoms with Crippen molar-refractivity contribution >= 4 is 37.6 Å². The van der Waals surface area contributed by atoms with Crippen LogP contribution >= 0.6 is 11.8 Å². The number of carbonyl (C=O) groups excluding carboxylic acids is 1. The molecule has 13 heavy (non-hydrogen) atoms. The Balaban J connectivity index is 3.80. The molecule has 0 aromatic rings. The number of hydrogen-bond acceptors (Lipinski definition) is 4. The number of thioether (sulfide) groups is 1. The van der Waals surface area contributed by atoms with Gasteiger partial charge in [0.1, 0.15) is 0 Å². The van der Waals surface area contributed by atoms with Crippen LogP contribution in [0.25, 0.3) is 0 Å². The molecule has 6 heteroatoms. The maximum absolute atomic E-state index is 10.6. The molecule has 0 saturated heterocycles. The zero-order valence-corrected chi connectivity index (χ0v) is 10.1. The molecule has 2 N–H and O–H groups in total. The Morgan fingerprint density at radius 3 is 2.62 bits per heavy atom. The number of nitrogens with one attached hydrogen (secondary N) is 1. The van der Waals surface area contributed by atoms with Gasteiger partial charge in [0.05, 0.1) is 0 Å². The van der Waals surface area contributed by atoms with Crippen molar-refractivity contribution in [1.29, 1.82) is 0 Å². The van der Waals surface area contributed by atoms with Crippen molar-refractivity contribution < 1.29 is 14.7 Å². The summed E-state index contributed by atoms with van der Waals surface area (Å²) in [7, 11) is 0. The summed E-state index contributed by atoms with van der Waals surface area (Å²) in [4.78, 5) is 21.3. The van der Waals surface area contributed by atoms with Crippen LogP contribution in [0.3, 0.4) is 0 Å². The molecule has 0 aliphatic carbocycles. The third-order valence-corrected chi connectivity index (χ3v) is 3.34. The molecular weight excluding hydrogens is 257 g/mol. The second kappa shape index (κ2) is 7.38. The van der Waals surface area contributed by atoms with Crippen LogP contribution < -0.4 is 4.33 Å². The number of carbonyl (C=O) groups is 2. The Kier molecular flexibility index (Phi) is 7.36. The molecule has 0 saturated carbocycles. The molecule has 0 amide bonds. The molecular formula is C7H13NO3SSe. The summed E-state index contributed by atoms with van der Waals surface area (Å²) < 4.78 is 2.77. The number of carboxylic acid groups (broad SMARTS) is 1. The molecule has 0 aliphatic rings. The van der Waals surface area contributed by atoms with Gasteiger partial charge in [0.15, 0.2) is 0 Å². The SMILES string of the molecule is CSCCC(N[Se]C(C)=O)C(=O)O. The van der Waals surface area contributed by atoms with Gasteiger partial charge in [0, 0.05) is 0 Å². The molecule has 0 radical (unpaired) electrons. The molecule has 0 aliphatic heterocycles. The van der Waals surface area contributed by atoms with Gasteiger partial charge >= 0.3 is 88.0 Å². The van der Waals surface area contributed by atoms with E-state index in [9.17, 15) is 9.59 Å². The van der Waals surface area contributed by atoms with Crippen LogP contribution in [0.15, 0.2) is 0 Å². The van der Waals surface area contributed by atoms with E-state index < -0.39 is 27.2 Å². The summed E-state index contributed by atoms with van der Waals surface area (Å²) >= 11 is 1.20. The van der Waals surface area contributed by atoms with E-state index in [1.54, 1.807) is 11.8 Å². The minimum absolute atomic E-state index is 0.0166. The van der Waals surface area contributed by atoms with Gasteiger partial charge in [0.2, 0.25) is 0 Å². The van der Waals surface area contributed by atoms with Crippen molar-refractivity contribution in [1.82, 2.24) is 4.33 Å². The van der Waals surface area contributed by atoms with Gasteiger partial charge in [0.25, 0.3) is 0 Å². The van der Waals surface area contributed by atoms with Crippen molar-refractivity contribution in [2.24, 2.45) is 0 Å². The summed E-state index contributed by atoms with van der Waals surface area (Å²) in [5.74, 6) is -0.0880. The van der Waals surface area contributed by atoms with E-state index in [2.05, 4.69) is 4.33 Å². The van der Waals surface area contributed by atoms with E-state index in [-0.39, 0.29) is 4.68 Å². The van der Waals surface area contributed by atoms with Crippen LogP contribution in [0.5, 0.6) is 0 Å². The van der Waals surface area contributed by atoms with Crippen molar-refractivity contribution in [2.75, 3.05) is 12.0 Å². The minimum atomic E-state index is -0.878. The molecule has 0 heterocycles. The fraction of sp³-hybridized carbons (Fsp3) is 0.714. The molecule has 76 valence electrons. The predicted octanol–water partition coefficient (Wildman–Crippen LogP) is -0.0520.